The molecule has 31 heavy (non-hydrogen) atoms. The minimum Gasteiger partial charge on any atom is -0.496 e. The Morgan fingerprint density at radius 2 is 2.10 bits per heavy atom. The van der Waals surface area contributed by atoms with E-state index in [9.17, 15) is 14.0 Å². The van der Waals surface area contributed by atoms with Gasteiger partial charge >= 0.3 is 6.09 Å². The van der Waals surface area contributed by atoms with Gasteiger partial charge in [0.25, 0.3) is 0 Å². The zero-order chi connectivity index (χ0) is 21.8. The predicted octanol–water partition coefficient (Wildman–Crippen LogP) is 4.62. The Hall–Kier alpha value is -3.61. The summed E-state index contributed by atoms with van der Waals surface area (Å²) in [5.74, 6) is 0.231. The highest BCUT2D eigenvalue weighted by atomic mass is 19.1. The number of ether oxygens (including phenoxy) is 2. The number of anilines is 1. The van der Waals surface area contributed by atoms with Crippen molar-refractivity contribution in [3.05, 3.63) is 71.1 Å². The molecule has 0 aliphatic carbocycles. The van der Waals surface area contributed by atoms with Crippen LogP contribution < -0.4 is 10.1 Å². The van der Waals surface area contributed by atoms with Crippen LogP contribution in [0.15, 0.2) is 48.6 Å². The van der Waals surface area contributed by atoms with Crippen LogP contribution in [0.5, 0.6) is 5.75 Å². The minimum absolute atomic E-state index is 0.0804. The first-order valence-corrected chi connectivity index (χ1v) is 10.1. The summed E-state index contributed by atoms with van der Waals surface area (Å²) in [6, 6.07) is 10.0. The summed E-state index contributed by atoms with van der Waals surface area (Å²) in [5, 5.41) is 2.64. The molecule has 0 saturated heterocycles. The number of nitrogens with one attached hydrogen (secondary N) is 1. The normalized spacial score (nSPS) is 16.1. The number of halogens is 1. The highest BCUT2D eigenvalue weighted by molar-refractivity contribution is 5.92. The topological polar surface area (TPSA) is 67.9 Å². The Kier molecular flexibility index (Phi) is 6.02. The van der Waals surface area contributed by atoms with Crippen LogP contribution >= 0.6 is 0 Å². The van der Waals surface area contributed by atoms with Crippen LogP contribution in [-0.2, 0) is 16.1 Å². The fourth-order valence-electron chi connectivity index (χ4n) is 3.78. The maximum atomic E-state index is 13.7. The van der Waals surface area contributed by atoms with Crippen LogP contribution in [-0.4, -0.2) is 37.1 Å². The molecule has 1 N–H and O–H groups in total. The van der Waals surface area contributed by atoms with E-state index in [1.165, 1.54) is 12.1 Å². The molecule has 0 spiro atoms. The summed E-state index contributed by atoms with van der Waals surface area (Å²) in [6.07, 6.45) is 6.20. The van der Waals surface area contributed by atoms with Crippen molar-refractivity contribution >= 4 is 29.3 Å². The van der Waals surface area contributed by atoms with Crippen LogP contribution in [0.1, 0.15) is 29.5 Å². The molecule has 2 amide bonds. The van der Waals surface area contributed by atoms with Gasteiger partial charge in [0.1, 0.15) is 18.2 Å². The highest BCUT2D eigenvalue weighted by Crippen LogP contribution is 2.31. The molecule has 4 rings (SSSR count). The number of methoxy groups -OCH3 is 1. The summed E-state index contributed by atoms with van der Waals surface area (Å²) in [7, 11) is 1.56. The fraction of sp³-hybridized carbons (Fsp3) is 0.250. The summed E-state index contributed by atoms with van der Waals surface area (Å²) >= 11 is 0. The first-order chi connectivity index (χ1) is 15.0. The monoisotopic (exact) mass is 422 g/mol. The lowest BCUT2D eigenvalue weighted by atomic mass is 10.0. The lowest BCUT2D eigenvalue weighted by Gasteiger charge is -2.19. The highest BCUT2D eigenvalue weighted by Gasteiger charge is 2.18. The van der Waals surface area contributed by atoms with Crippen molar-refractivity contribution in [2.75, 3.05) is 25.5 Å². The van der Waals surface area contributed by atoms with Crippen molar-refractivity contribution in [2.24, 2.45) is 0 Å². The zero-order valence-corrected chi connectivity index (χ0v) is 17.2. The van der Waals surface area contributed by atoms with Gasteiger partial charge in [0.2, 0.25) is 5.91 Å². The SMILES string of the molecule is COc1ccc(F)cc1C1=CCCN(C(=O)/C=C/c2ccc3c(c2)COC(=O)N3)CC1. The van der Waals surface area contributed by atoms with E-state index >= 15 is 0 Å². The summed E-state index contributed by atoms with van der Waals surface area (Å²) in [5.41, 5.74) is 4.15. The minimum atomic E-state index is -0.462. The summed E-state index contributed by atoms with van der Waals surface area (Å²) in [4.78, 5) is 25.8. The van der Waals surface area contributed by atoms with E-state index in [0.717, 1.165) is 28.0 Å². The largest absolute Gasteiger partial charge is 0.496 e. The lowest BCUT2D eigenvalue weighted by Crippen LogP contribution is -2.30. The van der Waals surface area contributed by atoms with Gasteiger partial charge in [-0.1, -0.05) is 12.1 Å². The Morgan fingerprint density at radius 3 is 2.94 bits per heavy atom. The van der Waals surface area contributed by atoms with Crippen molar-refractivity contribution in [1.82, 2.24) is 4.90 Å². The van der Waals surface area contributed by atoms with Gasteiger partial charge in [0.15, 0.2) is 0 Å². The van der Waals surface area contributed by atoms with Crippen molar-refractivity contribution < 1.29 is 23.5 Å². The van der Waals surface area contributed by atoms with Crippen LogP contribution in [0.2, 0.25) is 0 Å². The van der Waals surface area contributed by atoms with E-state index in [2.05, 4.69) is 5.32 Å². The Bertz CT molecular complexity index is 1080. The molecule has 6 nitrogen and oxygen atoms in total. The number of amides is 2. The number of cyclic esters (lactones) is 1. The van der Waals surface area contributed by atoms with E-state index in [-0.39, 0.29) is 18.3 Å². The number of hydrogen-bond donors (Lipinski definition) is 1. The average Bonchev–Trinajstić information content (AvgIpc) is 3.03. The quantitative estimate of drug-likeness (QED) is 0.731. The Morgan fingerprint density at radius 1 is 1.23 bits per heavy atom. The van der Waals surface area contributed by atoms with Gasteiger partial charge in [-0.15, -0.1) is 0 Å². The van der Waals surface area contributed by atoms with E-state index < -0.39 is 6.09 Å². The van der Waals surface area contributed by atoms with Crippen LogP contribution in [0.25, 0.3) is 11.6 Å². The first kappa shape index (κ1) is 20.7. The summed E-state index contributed by atoms with van der Waals surface area (Å²) in [6.45, 7) is 1.34. The summed E-state index contributed by atoms with van der Waals surface area (Å²) < 4.78 is 24.1. The number of nitrogens with zero attached hydrogens (tertiary/aromatic N) is 1. The maximum Gasteiger partial charge on any atom is 0.411 e. The second-order valence-corrected chi connectivity index (χ2v) is 7.39. The molecule has 0 radical (unpaired) electrons. The molecule has 0 aromatic heterocycles. The first-order valence-electron chi connectivity index (χ1n) is 10.1. The van der Waals surface area contributed by atoms with Gasteiger partial charge in [0, 0.05) is 30.3 Å². The molecule has 2 aliphatic heterocycles. The van der Waals surface area contributed by atoms with Crippen LogP contribution in [0.3, 0.4) is 0 Å². The molecule has 0 atom stereocenters. The fourth-order valence-corrected chi connectivity index (χ4v) is 3.78. The number of rotatable bonds is 4. The second-order valence-electron chi connectivity index (χ2n) is 7.39. The number of fused-ring (bicyclic) bond motifs is 1. The number of benzene rings is 2. The van der Waals surface area contributed by atoms with E-state index in [1.54, 1.807) is 36.3 Å². The smallest absolute Gasteiger partial charge is 0.411 e. The molecule has 2 aliphatic rings. The predicted molar refractivity (Wildman–Crippen MR) is 116 cm³/mol. The third kappa shape index (κ3) is 4.77. The van der Waals surface area contributed by atoms with Crippen LogP contribution in [0, 0.1) is 5.82 Å². The molecular formula is C24H23FN2O4. The van der Waals surface area contributed by atoms with E-state index in [1.807, 2.05) is 18.2 Å². The molecule has 160 valence electrons. The molecule has 2 aromatic carbocycles. The second kappa shape index (κ2) is 9.04. The number of carbonyl (C=O) groups is 2. The van der Waals surface area contributed by atoms with Gasteiger partial charge in [0.05, 0.1) is 12.8 Å². The zero-order valence-electron chi connectivity index (χ0n) is 17.2. The number of carbonyl (C=O) groups excluding carboxylic acids is 2. The van der Waals surface area contributed by atoms with Gasteiger partial charge in [-0.25, -0.2) is 9.18 Å². The third-order valence-corrected chi connectivity index (χ3v) is 5.40. The van der Waals surface area contributed by atoms with E-state index in [0.29, 0.717) is 31.7 Å². The molecule has 0 fully saturated rings. The van der Waals surface area contributed by atoms with Crippen molar-refractivity contribution in [3.8, 4) is 5.75 Å². The Balaban J connectivity index is 1.41. The number of hydrogen-bond acceptors (Lipinski definition) is 4. The molecule has 0 unspecified atom stereocenters. The van der Waals surface area contributed by atoms with Crippen molar-refractivity contribution in [2.45, 2.75) is 19.4 Å². The third-order valence-electron chi connectivity index (χ3n) is 5.40. The van der Waals surface area contributed by atoms with Gasteiger partial charge in [-0.3, -0.25) is 10.1 Å². The van der Waals surface area contributed by atoms with Gasteiger partial charge in [-0.2, -0.15) is 0 Å². The standard InChI is InChI=1S/C24H23FN2O4/c1-30-22-8-6-19(25)14-20(22)17-3-2-11-27(12-10-17)23(28)9-5-16-4-7-21-18(13-16)15-31-24(29)26-21/h3-9,13-14H,2,10-12,15H2,1H3,(H,26,29)/b9-5+. The van der Waals surface area contributed by atoms with Crippen molar-refractivity contribution in [3.63, 3.8) is 0 Å². The molecule has 2 aromatic rings. The molecule has 0 saturated carbocycles. The van der Waals surface area contributed by atoms with Crippen molar-refractivity contribution in [1.29, 1.82) is 0 Å². The Labute approximate surface area is 180 Å². The van der Waals surface area contributed by atoms with E-state index in [4.69, 9.17) is 9.47 Å². The molecule has 2 heterocycles. The maximum absolute atomic E-state index is 13.7. The molecule has 7 heteroatoms. The average molecular weight is 422 g/mol. The molecule has 0 bridgehead atoms. The van der Waals surface area contributed by atoms with Gasteiger partial charge in [-0.05, 0) is 60.4 Å². The van der Waals surface area contributed by atoms with Crippen LogP contribution in [0.4, 0.5) is 14.9 Å². The lowest BCUT2D eigenvalue weighted by molar-refractivity contribution is -0.125. The van der Waals surface area contributed by atoms with Gasteiger partial charge < -0.3 is 14.4 Å². The molecular weight excluding hydrogens is 399 g/mol.